The van der Waals surface area contributed by atoms with Crippen molar-refractivity contribution in [2.75, 3.05) is 11.1 Å². The van der Waals surface area contributed by atoms with Gasteiger partial charge in [0.2, 0.25) is 5.91 Å². The standard InChI is InChI=1S/C16H16N4O3/c17-16-19-10-4-3-9(6-11(10)20-16)18-14(21)12-7-1-2-8(5-7)13(12)15(22)23/h1-4,6-8,12-13H,5H2,(H,18,21)(H,22,23)(H3,17,19,20). The van der Waals surface area contributed by atoms with Crippen LogP contribution in [-0.4, -0.2) is 27.0 Å². The van der Waals surface area contributed by atoms with Crippen LogP contribution in [0.4, 0.5) is 11.6 Å². The fourth-order valence-electron chi connectivity index (χ4n) is 3.85. The molecule has 2 aliphatic carbocycles. The average Bonchev–Trinajstić information content (AvgIpc) is 3.18. The molecule has 118 valence electrons. The normalized spacial score (nSPS) is 28.3. The first-order valence-electron chi connectivity index (χ1n) is 7.50. The van der Waals surface area contributed by atoms with Gasteiger partial charge in [0, 0.05) is 5.69 Å². The molecule has 7 nitrogen and oxygen atoms in total. The van der Waals surface area contributed by atoms with Gasteiger partial charge in [0.05, 0.1) is 22.9 Å². The highest BCUT2D eigenvalue weighted by Crippen LogP contribution is 2.48. The van der Waals surface area contributed by atoms with Crippen molar-refractivity contribution in [1.82, 2.24) is 9.97 Å². The van der Waals surface area contributed by atoms with Gasteiger partial charge in [0.15, 0.2) is 5.95 Å². The number of carboxylic acid groups (broad SMARTS) is 1. The number of aromatic nitrogens is 2. The molecular formula is C16H16N4O3. The fourth-order valence-corrected chi connectivity index (χ4v) is 3.85. The Morgan fingerprint density at radius 3 is 2.74 bits per heavy atom. The SMILES string of the molecule is Nc1nc2ccc(NC(=O)C3C4C=CC(C4)C3C(=O)O)cc2[nH]1. The minimum atomic E-state index is -0.904. The molecule has 1 aromatic heterocycles. The molecule has 1 amide bonds. The largest absolute Gasteiger partial charge is 0.481 e. The van der Waals surface area contributed by atoms with E-state index in [1.54, 1.807) is 18.2 Å². The van der Waals surface area contributed by atoms with Gasteiger partial charge in [-0.3, -0.25) is 9.59 Å². The third-order valence-corrected chi connectivity index (χ3v) is 4.81. The highest BCUT2D eigenvalue weighted by Gasteiger charge is 2.51. The van der Waals surface area contributed by atoms with Crippen LogP contribution in [0.15, 0.2) is 30.4 Å². The lowest BCUT2D eigenvalue weighted by Gasteiger charge is -2.23. The summed E-state index contributed by atoms with van der Waals surface area (Å²) in [5.74, 6) is -2.04. The summed E-state index contributed by atoms with van der Waals surface area (Å²) < 4.78 is 0. The lowest BCUT2D eigenvalue weighted by molar-refractivity contribution is -0.146. The number of carboxylic acids is 1. The summed E-state index contributed by atoms with van der Waals surface area (Å²) in [4.78, 5) is 31.1. The van der Waals surface area contributed by atoms with Crippen LogP contribution in [0.2, 0.25) is 0 Å². The molecule has 4 unspecified atom stereocenters. The van der Waals surface area contributed by atoms with Gasteiger partial charge in [-0.25, -0.2) is 4.98 Å². The molecule has 4 atom stereocenters. The highest BCUT2D eigenvalue weighted by molar-refractivity contribution is 5.97. The maximum Gasteiger partial charge on any atom is 0.307 e. The van der Waals surface area contributed by atoms with E-state index in [9.17, 15) is 14.7 Å². The molecule has 1 aromatic carbocycles. The number of aromatic amines is 1. The highest BCUT2D eigenvalue weighted by atomic mass is 16.4. The Morgan fingerprint density at radius 2 is 2.00 bits per heavy atom. The third kappa shape index (κ3) is 2.16. The van der Waals surface area contributed by atoms with Crippen LogP contribution in [0.5, 0.6) is 0 Å². The number of carbonyl (C=O) groups excluding carboxylic acids is 1. The van der Waals surface area contributed by atoms with Crippen molar-refractivity contribution in [3.63, 3.8) is 0 Å². The van der Waals surface area contributed by atoms with Gasteiger partial charge in [0.1, 0.15) is 0 Å². The first-order valence-corrected chi connectivity index (χ1v) is 7.50. The summed E-state index contributed by atoms with van der Waals surface area (Å²) in [6.45, 7) is 0. The summed E-state index contributed by atoms with van der Waals surface area (Å²) >= 11 is 0. The molecule has 7 heteroatoms. The first-order chi connectivity index (χ1) is 11.0. The van der Waals surface area contributed by atoms with Crippen LogP contribution < -0.4 is 11.1 Å². The summed E-state index contributed by atoms with van der Waals surface area (Å²) in [6.07, 6.45) is 4.63. The Hall–Kier alpha value is -2.83. The molecule has 0 aliphatic heterocycles. The van der Waals surface area contributed by atoms with Crippen molar-refractivity contribution >= 4 is 34.5 Å². The Bertz CT molecular complexity index is 841. The minimum absolute atomic E-state index is 0.00706. The lowest BCUT2D eigenvalue weighted by Crippen LogP contribution is -2.36. The number of benzene rings is 1. The van der Waals surface area contributed by atoms with Gasteiger partial charge < -0.3 is 21.1 Å². The van der Waals surface area contributed by atoms with Crippen LogP contribution >= 0.6 is 0 Å². The monoisotopic (exact) mass is 312 g/mol. The van der Waals surface area contributed by atoms with E-state index in [1.807, 2.05) is 12.2 Å². The van der Waals surface area contributed by atoms with E-state index in [-0.39, 0.29) is 17.7 Å². The van der Waals surface area contributed by atoms with Crippen LogP contribution in [-0.2, 0) is 9.59 Å². The van der Waals surface area contributed by atoms with Crippen molar-refractivity contribution in [3.05, 3.63) is 30.4 Å². The van der Waals surface area contributed by atoms with Gasteiger partial charge in [-0.1, -0.05) is 12.2 Å². The van der Waals surface area contributed by atoms with Crippen molar-refractivity contribution in [3.8, 4) is 0 Å². The summed E-state index contributed by atoms with van der Waals surface area (Å²) in [5.41, 5.74) is 7.65. The number of H-pyrrole nitrogens is 1. The molecule has 4 rings (SSSR count). The molecule has 23 heavy (non-hydrogen) atoms. The predicted octanol–water partition coefficient (Wildman–Crippen LogP) is 1.61. The number of nitrogen functional groups attached to an aromatic ring is 1. The summed E-state index contributed by atoms with van der Waals surface area (Å²) in [5, 5.41) is 12.3. The van der Waals surface area contributed by atoms with Crippen molar-refractivity contribution in [2.45, 2.75) is 6.42 Å². The summed E-state index contributed by atoms with van der Waals surface area (Å²) in [6, 6.07) is 5.24. The lowest BCUT2D eigenvalue weighted by atomic mass is 9.82. The number of nitrogens with two attached hydrogens (primary N) is 1. The number of nitrogens with zero attached hydrogens (tertiary/aromatic N) is 1. The van der Waals surface area contributed by atoms with Crippen LogP contribution in [0, 0.1) is 23.7 Å². The number of hydrogen-bond acceptors (Lipinski definition) is 4. The molecular weight excluding hydrogens is 296 g/mol. The van der Waals surface area contributed by atoms with E-state index < -0.39 is 17.8 Å². The molecule has 2 aliphatic rings. The molecule has 2 bridgehead atoms. The average molecular weight is 312 g/mol. The molecule has 1 fully saturated rings. The number of allylic oxidation sites excluding steroid dienone is 2. The zero-order valence-electron chi connectivity index (χ0n) is 12.2. The number of amides is 1. The number of imidazole rings is 1. The molecule has 1 saturated carbocycles. The van der Waals surface area contributed by atoms with E-state index >= 15 is 0 Å². The Kier molecular flexibility index (Phi) is 2.90. The fraction of sp³-hybridized carbons (Fsp3) is 0.312. The second-order valence-electron chi connectivity index (χ2n) is 6.18. The maximum absolute atomic E-state index is 12.6. The van der Waals surface area contributed by atoms with E-state index in [1.165, 1.54) is 0 Å². The molecule has 1 heterocycles. The number of carbonyl (C=O) groups is 2. The Labute approximate surface area is 131 Å². The van der Waals surface area contributed by atoms with E-state index in [2.05, 4.69) is 15.3 Å². The molecule has 0 saturated heterocycles. The van der Waals surface area contributed by atoms with E-state index in [0.29, 0.717) is 17.2 Å². The maximum atomic E-state index is 12.6. The smallest absolute Gasteiger partial charge is 0.307 e. The van der Waals surface area contributed by atoms with Crippen LogP contribution in [0.1, 0.15) is 6.42 Å². The van der Waals surface area contributed by atoms with Crippen molar-refractivity contribution in [2.24, 2.45) is 23.7 Å². The number of anilines is 2. The second-order valence-corrected chi connectivity index (χ2v) is 6.18. The molecule has 0 spiro atoms. The zero-order chi connectivity index (χ0) is 16.1. The first kappa shape index (κ1) is 13.8. The summed E-state index contributed by atoms with van der Waals surface area (Å²) in [7, 11) is 0. The van der Waals surface area contributed by atoms with Gasteiger partial charge in [0.25, 0.3) is 0 Å². The number of aliphatic carboxylic acids is 1. The minimum Gasteiger partial charge on any atom is -0.481 e. The van der Waals surface area contributed by atoms with Gasteiger partial charge in [-0.05, 0) is 36.5 Å². The second kappa shape index (κ2) is 4.84. The van der Waals surface area contributed by atoms with E-state index in [4.69, 9.17) is 5.73 Å². The van der Waals surface area contributed by atoms with Gasteiger partial charge in [-0.2, -0.15) is 0 Å². The quantitative estimate of drug-likeness (QED) is 0.641. The predicted molar refractivity (Wildman–Crippen MR) is 84.5 cm³/mol. The topological polar surface area (TPSA) is 121 Å². The Balaban J connectivity index is 1.58. The number of fused-ring (bicyclic) bond motifs is 3. The van der Waals surface area contributed by atoms with Crippen LogP contribution in [0.3, 0.4) is 0 Å². The number of hydrogen-bond donors (Lipinski definition) is 4. The third-order valence-electron chi connectivity index (χ3n) is 4.81. The zero-order valence-corrected chi connectivity index (χ0v) is 12.2. The molecule has 0 radical (unpaired) electrons. The number of nitrogens with one attached hydrogen (secondary N) is 2. The van der Waals surface area contributed by atoms with E-state index in [0.717, 1.165) is 11.9 Å². The van der Waals surface area contributed by atoms with Gasteiger partial charge in [-0.15, -0.1) is 0 Å². The van der Waals surface area contributed by atoms with Gasteiger partial charge >= 0.3 is 5.97 Å². The Morgan fingerprint density at radius 1 is 1.26 bits per heavy atom. The number of rotatable bonds is 3. The van der Waals surface area contributed by atoms with Crippen LogP contribution in [0.25, 0.3) is 11.0 Å². The molecule has 2 aromatic rings. The molecule has 5 N–H and O–H groups in total. The van der Waals surface area contributed by atoms with Crippen molar-refractivity contribution < 1.29 is 14.7 Å². The van der Waals surface area contributed by atoms with Crippen molar-refractivity contribution in [1.29, 1.82) is 0 Å².